The van der Waals surface area contributed by atoms with Crippen molar-refractivity contribution in [2.45, 2.75) is 250 Å². The molecule has 0 amide bonds. The van der Waals surface area contributed by atoms with Crippen LogP contribution in [0.25, 0.3) is 0 Å². The molecule has 21 heteroatoms. The van der Waals surface area contributed by atoms with Gasteiger partial charge in [-0.05, 0) is 147 Å². The number of carboxylic acid groups (broad SMARTS) is 1. The van der Waals surface area contributed by atoms with E-state index in [0.29, 0.717) is 41.8 Å². The van der Waals surface area contributed by atoms with E-state index in [0.717, 1.165) is 95.0 Å². The van der Waals surface area contributed by atoms with E-state index in [-0.39, 0.29) is 51.6 Å². The Morgan fingerprint density at radius 3 is 1.13 bits per heavy atom. The minimum absolute atomic E-state index is 0. The average Bonchev–Trinajstić information content (AvgIpc) is 4.20. The summed E-state index contributed by atoms with van der Waals surface area (Å²) in [5.74, 6) is -1.08. The predicted octanol–water partition coefficient (Wildman–Crippen LogP) is 12.5. The van der Waals surface area contributed by atoms with Gasteiger partial charge >= 0.3 is 41.5 Å². The van der Waals surface area contributed by atoms with Crippen molar-refractivity contribution >= 4 is 82.6 Å². The van der Waals surface area contributed by atoms with Gasteiger partial charge in [0.1, 0.15) is 5.69 Å². The van der Waals surface area contributed by atoms with Crippen LogP contribution in [-0.2, 0) is 57.2 Å². The zero-order chi connectivity index (χ0) is 53.1. The monoisotopic (exact) mass is 1190 g/mol. The third-order valence-electron chi connectivity index (χ3n) is 15.6. The van der Waals surface area contributed by atoms with Crippen LogP contribution in [0, 0.1) is 0 Å². The number of carboxylic acids is 1. The van der Waals surface area contributed by atoms with Gasteiger partial charge in [0, 0.05) is 68.4 Å². The molecule has 0 atom stereocenters. The van der Waals surface area contributed by atoms with Crippen LogP contribution < -0.4 is 29.6 Å². The molecule has 1 aliphatic heterocycles. The van der Waals surface area contributed by atoms with E-state index in [2.05, 4.69) is 45.6 Å². The molecule has 0 radical (unpaired) electrons. The Balaban J connectivity index is 0.000000267. The molecule has 426 valence electrons. The summed E-state index contributed by atoms with van der Waals surface area (Å²) in [5.41, 5.74) is 8.69. The van der Waals surface area contributed by atoms with Crippen LogP contribution in [0.1, 0.15) is 276 Å². The van der Waals surface area contributed by atoms with Crippen LogP contribution in [-0.4, -0.2) is 86.5 Å². The first kappa shape index (κ1) is 69.0. The van der Waals surface area contributed by atoms with Gasteiger partial charge in [-0.15, -0.1) is 23.2 Å². The second-order valence-corrected chi connectivity index (χ2v) is 24.4. The molecular formula is C55H86Cl5N6NaO8S. The van der Waals surface area contributed by atoms with Gasteiger partial charge in [-0.2, -0.15) is 15.3 Å². The summed E-state index contributed by atoms with van der Waals surface area (Å²) < 4.78 is 25.8. The van der Waals surface area contributed by atoms with Crippen LogP contribution in [0.2, 0.25) is 0 Å². The van der Waals surface area contributed by atoms with Gasteiger partial charge in [-0.1, -0.05) is 96.3 Å². The standard InChI is InChI=1S/C18H28N2O2.C16H23ClN2O.C16H24N2O2.C4H8O.CH2Cl2.Cl2OS.Na.H2O/c1-2-22-18(21)17-15-12-8-3-4-9-13-16(15)20(19-17)14-10-6-5-7-11-14;17-16(20)15-13-10-6-1-2-7-11-14(13)19(18-15)12-8-4-3-5-9-12;19-16(20)15-13-10-6-1-2-7-11-14(13)18(17-15)12-8-4-3-5-9-12;1-2-4-5-3-1;2-1-3;1-4(2)3;;/h14H,2-13H2,1H3;12H,1-11H2;12H,1-11H2,(H,19,20);1-4H2;1H2;;;1H2/q;;;;;;+1;/p-1. The van der Waals surface area contributed by atoms with Crippen LogP contribution in [0.3, 0.4) is 0 Å². The van der Waals surface area contributed by atoms with Crippen molar-refractivity contribution in [3.8, 4) is 0 Å². The van der Waals surface area contributed by atoms with Crippen molar-refractivity contribution in [1.82, 2.24) is 29.3 Å². The van der Waals surface area contributed by atoms with Crippen molar-refractivity contribution < 1.29 is 68.2 Å². The fraction of sp³-hybridized carbons (Fsp3) is 0.782. The zero-order valence-corrected chi connectivity index (χ0v) is 52.2. The van der Waals surface area contributed by atoms with Gasteiger partial charge in [-0.3, -0.25) is 18.8 Å². The van der Waals surface area contributed by atoms with Crippen molar-refractivity contribution in [2.75, 3.05) is 25.2 Å². The Morgan fingerprint density at radius 1 is 0.539 bits per heavy atom. The summed E-state index contributed by atoms with van der Waals surface area (Å²) in [6.45, 7) is 4.28. The number of esters is 1. The molecule has 4 fully saturated rings. The third kappa shape index (κ3) is 22.3. The van der Waals surface area contributed by atoms with E-state index in [4.69, 9.17) is 53.6 Å². The minimum Gasteiger partial charge on any atom is -0.870 e. The van der Waals surface area contributed by atoms with E-state index < -0.39 is 15.2 Å². The van der Waals surface area contributed by atoms with Crippen molar-refractivity contribution in [2.24, 2.45) is 0 Å². The number of rotatable bonds is 7. The maximum absolute atomic E-state index is 12.3. The summed E-state index contributed by atoms with van der Waals surface area (Å²) in [7, 11) is 7.36. The van der Waals surface area contributed by atoms with E-state index in [9.17, 15) is 19.5 Å². The molecule has 0 bridgehead atoms. The molecular weight excluding hydrogens is 1100 g/mol. The molecule has 10 rings (SSSR count). The fourth-order valence-corrected chi connectivity index (χ4v) is 12.2. The maximum Gasteiger partial charge on any atom is 1.00 e. The number of alkyl halides is 2. The third-order valence-corrected chi connectivity index (χ3v) is 15.8. The summed E-state index contributed by atoms with van der Waals surface area (Å²) in [6, 6.07) is 1.41. The number of nitrogens with zero attached hydrogens (tertiary/aromatic N) is 6. The van der Waals surface area contributed by atoms with E-state index in [1.807, 2.05) is 6.92 Å². The second-order valence-electron chi connectivity index (χ2n) is 20.7. The van der Waals surface area contributed by atoms with Gasteiger partial charge in [-0.25, -0.2) is 13.8 Å². The summed E-state index contributed by atoms with van der Waals surface area (Å²) in [5, 5.41) is 23.2. The Morgan fingerprint density at radius 2 is 0.829 bits per heavy atom. The minimum atomic E-state index is -1.67. The van der Waals surface area contributed by atoms with E-state index >= 15 is 0 Å². The number of aromatic nitrogens is 6. The van der Waals surface area contributed by atoms with Crippen molar-refractivity contribution in [1.29, 1.82) is 0 Å². The first-order chi connectivity index (χ1) is 36.0. The molecule has 14 nitrogen and oxygen atoms in total. The number of fused-ring (bicyclic) bond motifs is 3. The number of ether oxygens (including phenoxy) is 2. The number of carbonyl (C=O) groups is 3. The topological polar surface area (TPSA) is 190 Å². The van der Waals surface area contributed by atoms with Crippen LogP contribution in [0.5, 0.6) is 0 Å². The molecule has 0 spiro atoms. The molecule has 3 aromatic rings. The largest absolute Gasteiger partial charge is 1.00 e. The molecule has 3 saturated carbocycles. The molecule has 6 aliphatic carbocycles. The van der Waals surface area contributed by atoms with Crippen LogP contribution in [0.15, 0.2) is 0 Å². The molecule has 76 heavy (non-hydrogen) atoms. The summed E-state index contributed by atoms with van der Waals surface area (Å²) in [6.07, 6.45) is 41.9. The average molecular weight is 1190 g/mol. The number of hydrogen-bond acceptors (Lipinski definition) is 10. The van der Waals surface area contributed by atoms with Crippen molar-refractivity contribution in [3.05, 3.63) is 50.9 Å². The number of aromatic carboxylic acids is 1. The second kappa shape index (κ2) is 39.2. The Labute approximate surface area is 501 Å². The van der Waals surface area contributed by atoms with E-state index in [1.165, 1.54) is 177 Å². The SMILES string of the molecule is C1CCOC1.CCOC(=O)c1nn(C2CCCCC2)c2c1CCCCCC2.ClCCl.O=C(Cl)c1nn(C2CCCCC2)c2c1CCCCCC2.O=C(O)c1nn(C2CCCCC2)c2c1CCCCCC2.O=S(Cl)Cl.[Na+].[OH-]. The summed E-state index contributed by atoms with van der Waals surface area (Å²) >= 11 is 15.3. The smallest absolute Gasteiger partial charge is 0.870 e. The fourth-order valence-electron chi connectivity index (χ4n) is 12.0. The van der Waals surface area contributed by atoms with E-state index in [1.54, 1.807) is 0 Å². The predicted molar refractivity (Wildman–Crippen MR) is 302 cm³/mol. The van der Waals surface area contributed by atoms with Crippen LogP contribution >= 0.6 is 56.2 Å². The number of carbonyl (C=O) groups excluding carboxylic acids is 2. The normalized spacial score (nSPS) is 19.1. The van der Waals surface area contributed by atoms with Crippen molar-refractivity contribution in [3.63, 3.8) is 0 Å². The molecule has 1 saturated heterocycles. The molecule has 0 unspecified atom stereocenters. The Kier molecular flexibility index (Phi) is 35.6. The van der Waals surface area contributed by atoms with Gasteiger partial charge in [0.15, 0.2) is 11.4 Å². The van der Waals surface area contributed by atoms with Gasteiger partial charge < -0.3 is 20.1 Å². The maximum atomic E-state index is 12.3. The molecule has 7 aliphatic rings. The Hall–Kier alpha value is -1.24. The van der Waals surface area contributed by atoms with Gasteiger partial charge in [0.25, 0.3) is 5.24 Å². The van der Waals surface area contributed by atoms with Gasteiger partial charge in [0.2, 0.25) is 9.23 Å². The number of hydrogen-bond donors (Lipinski definition) is 1. The van der Waals surface area contributed by atoms with Gasteiger partial charge in [0.05, 0.1) is 30.1 Å². The Bertz CT molecular complexity index is 2070. The summed E-state index contributed by atoms with van der Waals surface area (Å²) in [4.78, 5) is 35.5. The first-order valence-electron chi connectivity index (χ1n) is 28.3. The molecule has 2 N–H and O–H groups in total. The zero-order valence-electron chi connectivity index (χ0n) is 45.6. The number of halogens is 5. The molecule has 0 aromatic carbocycles. The molecule has 3 aromatic heterocycles. The molecule has 4 heterocycles. The van der Waals surface area contributed by atoms with Crippen LogP contribution in [0.4, 0.5) is 0 Å². The quantitative estimate of drug-likeness (QED) is 0.102. The first-order valence-corrected chi connectivity index (χ1v) is 32.6.